The lowest BCUT2D eigenvalue weighted by molar-refractivity contribution is -0.137. The Labute approximate surface area is 357 Å². The van der Waals surface area contributed by atoms with Gasteiger partial charge in [-0.05, 0) is 103 Å². The summed E-state index contributed by atoms with van der Waals surface area (Å²) in [7, 11) is 5.90. The number of nitrogens with zero attached hydrogens (tertiary/aromatic N) is 1. The van der Waals surface area contributed by atoms with Crippen molar-refractivity contribution in [3.05, 3.63) is 58.4 Å². The van der Waals surface area contributed by atoms with E-state index in [4.69, 9.17) is 42.3 Å². The molecule has 17 heteroatoms. The largest absolute Gasteiger partial charge is 0.493 e. The van der Waals surface area contributed by atoms with Gasteiger partial charge in [0.1, 0.15) is 34.4 Å². The zero-order valence-corrected chi connectivity index (χ0v) is 36.8. The lowest BCUT2D eigenvalue weighted by Gasteiger charge is -2.23. The van der Waals surface area contributed by atoms with Gasteiger partial charge < -0.3 is 57.5 Å². The molecule has 0 unspecified atom stereocenters. The second-order valence-electron chi connectivity index (χ2n) is 16.5. The van der Waals surface area contributed by atoms with E-state index in [-0.39, 0.29) is 34.1 Å². The fraction of sp³-hybridized carbons (Fsp3) is 0.400. The van der Waals surface area contributed by atoms with Crippen molar-refractivity contribution in [2.75, 3.05) is 28.4 Å². The van der Waals surface area contributed by atoms with Crippen LogP contribution in [0.5, 0.6) is 34.5 Å². The van der Waals surface area contributed by atoms with Crippen LogP contribution in [-0.2, 0) is 32.0 Å². The van der Waals surface area contributed by atoms with Crippen molar-refractivity contribution in [2.24, 2.45) is 0 Å². The number of fused-ring (bicyclic) bond motifs is 7. The van der Waals surface area contributed by atoms with Gasteiger partial charge in [0.25, 0.3) is 0 Å². The van der Waals surface area contributed by atoms with Crippen LogP contribution in [0.3, 0.4) is 0 Å². The number of carbonyl (C=O) groups is 4. The number of carbonyl (C=O) groups excluding carboxylic acids is 4. The third-order valence-corrected chi connectivity index (χ3v) is 9.71. The summed E-state index contributed by atoms with van der Waals surface area (Å²) < 4.78 is 52.6. The van der Waals surface area contributed by atoms with Crippen LogP contribution in [0.15, 0.2) is 51.7 Å². The molecule has 0 aliphatic carbocycles. The van der Waals surface area contributed by atoms with Crippen LogP contribution in [0.25, 0.3) is 44.3 Å². The molecule has 1 aliphatic heterocycles. The van der Waals surface area contributed by atoms with Gasteiger partial charge in [-0.2, -0.15) is 0 Å². The van der Waals surface area contributed by atoms with Crippen LogP contribution in [0.4, 0.5) is 9.59 Å². The molecular weight excluding hydrogens is 807 g/mol. The Morgan fingerprint density at radius 2 is 1.19 bits per heavy atom. The number of methoxy groups -OCH3 is 4. The molecule has 2 aromatic heterocycles. The molecule has 1 aliphatic rings. The van der Waals surface area contributed by atoms with Gasteiger partial charge in [-0.25, -0.2) is 24.0 Å². The molecule has 2 atom stereocenters. The highest BCUT2D eigenvalue weighted by Crippen LogP contribution is 2.50. The van der Waals surface area contributed by atoms with E-state index in [1.807, 2.05) is 16.7 Å². The molecule has 0 saturated carbocycles. The Morgan fingerprint density at radius 1 is 0.677 bits per heavy atom. The summed E-state index contributed by atoms with van der Waals surface area (Å²) in [5, 5.41) is 5.85. The summed E-state index contributed by atoms with van der Waals surface area (Å²) in [5.41, 5.74) is 1.57. The van der Waals surface area contributed by atoms with Gasteiger partial charge in [-0.15, -0.1) is 0 Å². The average Bonchev–Trinajstić information content (AvgIpc) is 3.55. The maximum absolute atomic E-state index is 14.2. The highest BCUT2D eigenvalue weighted by molar-refractivity contribution is 6.17. The smallest absolute Gasteiger partial charge is 0.408 e. The average molecular weight is 858 g/mol. The predicted octanol–water partition coefficient (Wildman–Crippen LogP) is 7.31. The number of amides is 2. The van der Waals surface area contributed by atoms with Gasteiger partial charge in [0, 0.05) is 34.5 Å². The first-order valence-corrected chi connectivity index (χ1v) is 19.7. The monoisotopic (exact) mass is 857 g/mol. The number of aryl methyl sites for hydroxylation is 2. The Hall–Kier alpha value is -6.91. The molecule has 2 amide bonds. The molecule has 0 fully saturated rings. The molecule has 62 heavy (non-hydrogen) atoms. The first-order chi connectivity index (χ1) is 29.2. The molecule has 0 spiro atoms. The molecule has 6 rings (SSSR count). The van der Waals surface area contributed by atoms with E-state index in [0.717, 1.165) is 11.1 Å². The second kappa shape index (κ2) is 17.2. The minimum Gasteiger partial charge on any atom is -0.493 e. The van der Waals surface area contributed by atoms with Crippen LogP contribution < -0.4 is 44.7 Å². The van der Waals surface area contributed by atoms with Crippen LogP contribution in [0.1, 0.15) is 61.0 Å². The number of aromatic nitrogens is 1. The van der Waals surface area contributed by atoms with Gasteiger partial charge >= 0.3 is 29.8 Å². The summed E-state index contributed by atoms with van der Waals surface area (Å²) in [6.07, 6.45) is -1.06. The van der Waals surface area contributed by atoms with E-state index in [9.17, 15) is 24.0 Å². The molecule has 3 aromatic carbocycles. The maximum Gasteiger partial charge on any atom is 0.408 e. The topological polar surface area (TPSA) is 201 Å². The highest BCUT2D eigenvalue weighted by atomic mass is 16.6. The standard InChI is InChI=1S/C45H51N3O14/c1-22(46-42(52)61-44(3,4)5)39(49)58-28-14-13-25(18-30(28)54-9)35-36-27-20-33(57-12)34(60-40(50)23(2)47-43(53)62-45(6,7)8)21-29(27)59-41(51)38(36)48-16-15-24-17-31(55-10)32(56-11)19-26(24)37(35)48/h13-14,17-23H,15-16H2,1-12H3,(H,46,52)(H,47,53)/t22-,23-/m0/s1. The van der Waals surface area contributed by atoms with Crippen molar-refractivity contribution in [1.29, 1.82) is 0 Å². The van der Waals surface area contributed by atoms with Gasteiger partial charge in [0.2, 0.25) is 0 Å². The molecule has 0 saturated heterocycles. The lowest BCUT2D eigenvalue weighted by Crippen LogP contribution is -2.43. The molecule has 5 aromatic rings. The second-order valence-corrected chi connectivity index (χ2v) is 16.5. The first-order valence-electron chi connectivity index (χ1n) is 19.7. The summed E-state index contributed by atoms with van der Waals surface area (Å²) in [6, 6.07) is 9.48. The van der Waals surface area contributed by atoms with E-state index in [2.05, 4.69) is 10.6 Å². The van der Waals surface area contributed by atoms with Gasteiger partial charge in [0.15, 0.2) is 34.5 Å². The van der Waals surface area contributed by atoms with E-state index in [0.29, 0.717) is 52.1 Å². The quantitative estimate of drug-likeness (QED) is 0.0761. The third-order valence-electron chi connectivity index (χ3n) is 9.71. The minimum atomic E-state index is -1.12. The first kappa shape index (κ1) is 44.6. The van der Waals surface area contributed by atoms with E-state index < -0.39 is 53.0 Å². The number of alkyl carbamates (subject to hydrolysis) is 2. The molecule has 0 radical (unpaired) electrons. The zero-order chi connectivity index (χ0) is 45.4. The van der Waals surface area contributed by atoms with Crippen LogP contribution in [-0.4, -0.2) is 80.4 Å². The Balaban J connectivity index is 1.51. The number of nitrogens with one attached hydrogen (secondary N) is 2. The molecule has 3 heterocycles. The van der Waals surface area contributed by atoms with Crippen molar-refractivity contribution in [3.8, 4) is 56.9 Å². The Kier molecular flexibility index (Phi) is 12.4. The lowest BCUT2D eigenvalue weighted by atomic mass is 9.91. The molecule has 330 valence electrons. The number of ether oxygens (including phenoxy) is 8. The fourth-order valence-corrected chi connectivity index (χ4v) is 7.05. The number of benzene rings is 3. The maximum atomic E-state index is 14.2. The SMILES string of the molecule is COc1cc2c(cc1OC)-c1c(-c3ccc(OC(=O)[C@H](C)NC(=O)OC(C)(C)C)c(OC)c3)c3c4cc(OC)c(OC(=O)[C@H](C)NC(=O)OC(C)(C)C)cc4oc(=O)c3n1CC2. The van der Waals surface area contributed by atoms with Crippen LogP contribution in [0.2, 0.25) is 0 Å². The van der Waals surface area contributed by atoms with Gasteiger partial charge in [-0.1, -0.05) is 6.07 Å². The summed E-state index contributed by atoms with van der Waals surface area (Å²) >= 11 is 0. The van der Waals surface area contributed by atoms with Crippen molar-refractivity contribution in [3.63, 3.8) is 0 Å². The minimum absolute atomic E-state index is 0.0659. The van der Waals surface area contributed by atoms with Crippen molar-refractivity contribution in [1.82, 2.24) is 15.2 Å². The van der Waals surface area contributed by atoms with Crippen molar-refractivity contribution < 1.29 is 61.5 Å². The molecular formula is C45H51N3O14. The summed E-state index contributed by atoms with van der Waals surface area (Å²) in [5.74, 6) is -0.312. The normalized spacial score (nSPS) is 13.2. The van der Waals surface area contributed by atoms with E-state index in [1.54, 1.807) is 72.9 Å². The summed E-state index contributed by atoms with van der Waals surface area (Å²) in [6.45, 7) is 13.5. The van der Waals surface area contributed by atoms with E-state index in [1.165, 1.54) is 41.2 Å². The third kappa shape index (κ3) is 9.21. The van der Waals surface area contributed by atoms with Crippen LogP contribution in [0, 0.1) is 0 Å². The number of esters is 2. The fourth-order valence-electron chi connectivity index (χ4n) is 7.05. The van der Waals surface area contributed by atoms with Gasteiger partial charge in [-0.3, -0.25) is 0 Å². The predicted molar refractivity (Wildman–Crippen MR) is 228 cm³/mol. The Morgan fingerprint density at radius 3 is 1.74 bits per heavy atom. The highest BCUT2D eigenvalue weighted by Gasteiger charge is 2.32. The molecule has 17 nitrogen and oxygen atoms in total. The zero-order valence-electron chi connectivity index (χ0n) is 36.8. The van der Waals surface area contributed by atoms with Crippen molar-refractivity contribution >= 4 is 46.0 Å². The van der Waals surface area contributed by atoms with Crippen LogP contribution >= 0.6 is 0 Å². The number of hydrogen-bond acceptors (Lipinski definition) is 14. The molecule has 2 N–H and O–H groups in total. The Bertz CT molecular complexity index is 2650. The number of rotatable bonds is 11. The van der Waals surface area contributed by atoms with E-state index >= 15 is 0 Å². The van der Waals surface area contributed by atoms with Gasteiger partial charge in [0.05, 0.1) is 34.1 Å². The summed E-state index contributed by atoms with van der Waals surface area (Å²) in [4.78, 5) is 65.4. The number of hydrogen-bond donors (Lipinski definition) is 2. The molecule has 0 bridgehead atoms. The van der Waals surface area contributed by atoms with Crippen molar-refractivity contribution in [2.45, 2.75) is 91.6 Å².